The van der Waals surface area contributed by atoms with Crippen LogP contribution >= 0.6 is 11.8 Å². The van der Waals surface area contributed by atoms with Gasteiger partial charge in [0.05, 0.1) is 11.3 Å². The molecule has 0 aliphatic heterocycles. The largest absolute Gasteiger partial charge is 0.350 e. The van der Waals surface area contributed by atoms with E-state index in [0.29, 0.717) is 11.3 Å². The van der Waals surface area contributed by atoms with E-state index in [1.54, 1.807) is 6.20 Å². The fraction of sp³-hybridized carbons (Fsp3) is 0.375. The van der Waals surface area contributed by atoms with Crippen molar-refractivity contribution in [2.45, 2.75) is 25.5 Å². The van der Waals surface area contributed by atoms with Crippen LogP contribution in [0.2, 0.25) is 0 Å². The van der Waals surface area contributed by atoms with Gasteiger partial charge in [0.15, 0.2) is 0 Å². The normalized spacial score (nSPS) is 11.5. The van der Waals surface area contributed by atoms with Crippen molar-refractivity contribution in [2.75, 3.05) is 5.75 Å². The summed E-state index contributed by atoms with van der Waals surface area (Å²) in [5.74, 6) is -0.223. The molecule has 0 aliphatic rings. The molecule has 0 saturated carbocycles. The summed E-state index contributed by atoms with van der Waals surface area (Å²) in [5.41, 5.74) is 6.45. The highest BCUT2D eigenvalue weighted by atomic mass is 32.2. The molecule has 1 aromatic heterocycles. The Labute approximate surface area is 134 Å². The summed E-state index contributed by atoms with van der Waals surface area (Å²) in [6.45, 7) is 6.12. The van der Waals surface area contributed by atoms with Crippen LogP contribution in [0.5, 0.6) is 0 Å². The zero-order chi connectivity index (χ0) is 16.3. The number of carbonyl (C=O) groups excluding carboxylic acids is 2. The Hall–Kier alpha value is -1.95. The molecule has 0 spiro atoms. The van der Waals surface area contributed by atoms with Gasteiger partial charge in [-0.05, 0) is 6.07 Å². The van der Waals surface area contributed by atoms with Gasteiger partial charge in [0.2, 0.25) is 5.91 Å². The summed E-state index contributed by atoms with van der Waals surface area (Å²) in [4.78, 5) is 24.0. The van der Waals surface area contributed by atoms with Crippen molar-refractivity contribution in [3.63, 3.8) is 0 Å². The van der Waals surface area contributed by atoms with Gasteiger partial charge < -0.3 is 4.57 Å². The molecule has 0 unspecified atom stereocenters. The second-order valence-electron chi connectivity index (χ2n) is 6.07. The van der Waals surface area contributed by atoms with Crippen molar-refractivity contribution >= 4 is 34.5 Å². The maximum Gasteiger partial charge on any atom is 0.271 e. The number of aryl methyl sites for hydroxylation is 1. The summed E-state index contributed by atoms with van der Waals surface area (Å²) in [6.07, 6.45) is 1.76. The van der Waals surface area contributed by atoms with Gasteiger partial charge in [-0.3, -0.25) is 20.4 Å². The van der Waals surface area contributed by atoms with Crippen molar-refractivity contribution in [1.29, 1.82) is 0 Å². The van der Waals surface area contributed by atoms with Crippen LogP contribution in [0.3, 0.4) is 0 Å². The first-order valence-corrected chi connectivity index (χ1v) is 8.04. The minimum Gasteiger partial charge on any atom is -0.350 e. The zero-order valence-electron chi connectivity index (χ0n) is 13.3. The number of fused-ring (bicyclic) bond motifs is 1. The van der Waals surface area contributed by atoms with Crippen molar-refractivity contribution < 1.29 is 9.59 Å². The smallest absolute Gasteiger partial charge is 0.271 e. The quantitative estimate of drug-likeness (QED) is 0.854. The van der Waals surface area contributed by atoms with E-state index in [0.717, 1.165) is 10.9 Å². The van der Waals surface area contributed by atoms with Crippen LogP contribution < -0.4 is 10.9 Å². The molecule has 0 radical (unpaired) electrons. The highest BCUT2D eigenvalue weighted by Crippen LogP contribution is 2.22. The number of rotatable bonds is 3. The molecule has 0 saturated heterocycles. The maximum atomic E-state index is 12.2. The third-order valence-electron chi connectivity index (χ3n) is 3.09. The Kier molecular flexibility index (Phi) is 4.81. The van der Waals surface area contributed by atoms with E-state index in [4.69, 9.17) is 0 Å². The molecule has 1 heterocycles. The average molecular weight is 319 g/mol. The molecular formula is C16H21N3O2S. The molecule has 2 N–H and O–H groups in total. The number of amides is 2. The van der Waals surface area contributed by atoms with Crippen molar-refractivity contribution in [2.24, 2.45) is 7.05 Å². The predicted molar refractivity (Wildman–Crippen MR) is 90.7 cm³/mol. The third-order valence-corrected chi connectivity index (χ3v) is 4.37. The van der Waals surface area contributed by atoms with Gasteiger partial charge in [-0.25, -0.2) is 0 Å². The highest BCUT2D eigenvalue weighted by molar-refractivity contribution is 8.01. The van der Waals surface area contributed by atoms with E-state index >= 15 is 0 Å². The minimum absolute atomic E-state index is 0.0109. The molecule has 2 rings (SSSR count). The first-order valence-electron chi connectivity index (χ1n) is 7.05. The first kappa shape index (κ1) is 16.4. The van der Waals surface area contributed by atoms with Crippen molar-refractivity contribution in [3.8, 4) is 0 Å². The Morgan fingerprint density at radius 2 is 1.86 bits per heavy atom. The van der Waals surface area contributed by atoms with Crippen LogP contribution in [0.4, 0.5) is 0 Å². The fourth-order valence-corrected chi connectivity index (χ4v) is 2.67. The van der Waals surface area contributed by atoms with Crippen LogP contribution in [0.15, 0.2) is 30.5 Å². The molecule has 0 aliphatic carbocycles. The number of para-hydroxylation sites is 1. The molecule has 2 amide bonds. The lowest BCUT2D eigenvalue weighted by Crippen LogP contribution is -2.42. The van der Waals surface area contributed by atoms with Crippen molar-refractivity contribution in [1.82, 2.24) is 15.4 Å². The van der Waals surface area contributed by atoms with E-state index in [-0.39, 0.29) is 16.6 Å². The Morgan fingerprint density at radius 1 is 1.18 bits per heavy atom. The van der Waals surface area contributed by atoms with Crippen LogP contribution in [-0.4, -0.2) is 26.9 Å². The lowest BCUT2D eigenvalue weighted by molar-refractivity contribution is -0.119. The van der Waals surface area contributed by atoms with E-state index in [1.165, 1.54) is 11.8 Å². The van der Waals surface area contributed by atoms with E-state index in [9.17, 15) is 9.59 Å². The monoisotopic (exact) mass is 319 g/mol. The lowest BCUT2D eigenvalue weighted by Gasteiger charge is -2.17. The van der Waals surface area contributed by atoms with Gasteiger partial charge in [0.25, 0.3) is 5.91 Å². The second-order valence-corrected chi connectivity index (χ2v) is 7.88. The predicted octanol–water partition coefficient (Wildman–Crippen LogP) is 2.47. The van der Waals surface area contributed by atoms with E-state index < -0.39 is 0 Å². The molecule has 5 nitrogen and oxygen atoms in total. The molecule has 118 valence electrons. The van der Waals surface area contributed by atoms with Crippen molar-refractivity contribution in [3.05, 3.63) is 36.0 Å². The fourth-order valence-electron chi connectivity index (χ4n) is 2.03. The molecule has 1 aromatic carbocycles. The Bertz CT molecular complexity index is 701. The van der Waals surface area contributed by atoms with Gasteiger partial charge in [-0.15, -0.1) is 11.8 Å². The number of hydrogen-bond donors (Lipinski definition) is 2. The number of carbonyl (C=O) groups is 2. The standard InChI is InChI=1S/C16H21N3O2S/c1-16(2,3)22-10-14(20)17-18-15(21)12-9-19(4)13-8-6-5-7-11(12)13/h5-9H,10H2,1-4H3,(H,17,20)(H,18,21). The topological polar surface area (TPSA) is 63.1 Å². The summed E-state index contributed by atoms with van der Waals surface area (Å²) in [7, 11) is 1.89. The molecule has 6 heteroatoms. The molecule has 2 aromatic rings. The molecule has 0 bridgehead atoms. The van der Waals surface area contributed by atoms with Gasteiger partial charge in [0.1, 0.15) is 0 Å². The van der Waals surface area contributed by atoms with Crippen LogP contribution in [0.25, 0.3) is 10.9 Å². The van der Waals surface area contributed by atoms with Crippen LogP contribution in [-0.2, 0) is 11.8 Å². The molecule has 0 atom stereocenters. The van der Waals surface area contributed by atoms with Crippen LogP contribution in [0.1, 0.15) is 31.1 Å². The summed E-state index contributed by atoms with van der Waals surface area (Å²) < 4.78 is 1.90. The zero-order valence-corrected chi connectivity index (χ0v) is 14.1. The second kappa shape index (κ2) is 6.44. The number of hydrogen-bond acceptors (Lipinski definition) is 3. The van der Waals surface area contributed by atoms with Gasteiger partial charge >= 0.3 is 0 Å². The lowest BCUT2D eigenvalue weighted by atomic mass is 10.2. The number of hydrazine groups is 1. The SMILES string of the molecule is Cn1cc(C(=O)NNC(=O)CSC(C)(C)C)c2ccccc21. The molecular weight excluding hydrogens is 298 g/mol. The number of nitrogens with one attached hydrogen (secondary N) is 2. The van der Waals surface area contributed by atoms with Crippen LogP contribution in [0, 0.1) is 0 Å². The highest BCUT2D eigenvalue weighted by Gasteiger charge is 2.16. The van der Waals surface area contributed by atoms with E-state index in [1.807, 2.05) is 56.7 Å². The minimum atomic E-state index is -0.314. The number of nitrogens with zero attached hydrogens (tertiary/aromatic N) is 1. The summed E-state index contributed by atoms with van der Waals surface area (Å²) in [5, 5.41) is 0.862. The Morgan fingerprint density at radius 3 is 2.55 bits per heavy atom. The van der Waals surface area contributed by atoms with Gasteiger partial charge in [0, 0.05) is 28.9 Å². The van der Waals surface area contributed by atoms with E-state index in [2.05, 4.69) is 10.9 Å². The summed E-state index contributed by atoms with van der Waals surface area (Å²) in [6, 6.07) is 7.65. The van der Waals surface area contributed by atoms with Gasteiger partial charge in [-0.1, -0.05) is 39.0 Å². The number of aromatic nitrogens is 1. The number of thioether (sulfide) groups is 1. The maximum absolute atomic E-state index is 12.2. The summed E-state index contributed by atoms with van der Waals surface area (Å²) >= 11 is 1.53. The molecule has 0 fully saturated rings. The third kappa shape index (κ3) is 4.04. The Balaban J connectivity index is 1.99. The molecule has 22 heavy (non-hydrogen) atoms. The average Bonchev–Trinajstić information content (AvgIpc) is 2.80. The number of benzene rings is 1. The van der Waals surface area contributed by atoms with Gasteiger partial charge in [-0.2, -0.15) is 0 Å². The first-order chi connectivity index (χ1) is 10.3.